The average molecular weight is 398 g/mol. The van der Waals surface area contributed by atoms with Crippen LogP contribution in [0.25, 0.3) is 21.7 Å². The van der Waals surface area contributed by atoms with Crippen molar-refractivity contribution < 1.29 is 4.74 Å². The second kappa shape index (κ2) is 8.17. The van der Waals surface area contributed by atoms with Crippen molar-refractivity contribution in [1.29, 1.82) is 5.26 Å². The van der Waals surface area contributed by atoms with Crippen LogP contribution in [0.5, 0.6) is 5.75 Å². The van der Waals surface area contributed by atoms with E-state index in [2.05, 4.69) is 11.4 Å². The van der Waals surface area contributed by atoms with E-state index in [9.17, 15) is 5.26 Å². The van der Waals surface area contributed by atoms with E-state index in [0.29, 0.717) is 11.4 Å². The van der Waals surface area contributed by atoms with E-state index >= 15 is 0 Å². The van der Waals surface area contributed by atoms with Gasteiger partial charge in [0, 0.05) is 21.7 Å². The standard InChI is InChI=1S/C24H19N3OS/c1-16-5-9-18(10-6-16)26-24-21(15-25)20(23-4-3-13-29-23)14-22(27-24)17-7-11-19(28-2)12-8-17/h3-14H,1-2H3,(H,26,27). The quantitative estimate of drug-likeness (QED) is 0.423. The van der Waals surface area contributed by atoms with Crippen LogP contribution in [0.4, 0.5) is 11.5 Å². The van der Waals surface area contributed by atoms with Gasteiger partial charge in [0.2, 0.25) is 0 Å². The van der Waals surface area contributed by atoms with Crippen molar-refractivity contribution >= 4 is 22.8 Å². The molecule has 0 atom stereocenters. The number of ether oxygens (including phenoxy) is 1. The summed E-state index contributed by atoms with van der Waals surface area (Å²) in [5.41, 5.74) is 5.23. The number of nitrogens with one attached hydrogen (secondary N) is 1. The van der Waals surface area contributed by atoms with Crippen LogP contribution in [-0.4, -0.2) is 12.1 Å². The minimum Gasteiger partial charge on any atom is -0.497 e. The molecule has 0 aliphatic rings. The second-order valence-electron chi connectivity index (χ2n) is 6.59. The molecule has 0 fully saturated rings. The Hall–Kier alpha value is -3.62. The summed E-state index contributed by atoms with van der Waals surface area (Å²) in [5, 5.41) is 15.3. The number of thiophene rings is 1. The number of hydrogen-bond donors (Lipinski definition) is 1. The molecule has 4 nitrogen and oxygen atoms in total. The number of benzene rings is 2. The highest BCUT2D eigenvalue weighted by Crippen LogP contribution is 2.36. The molecule has 0 radical (unpaired) electrons. The van der Waals surface area contributed by atoms with Crippen LogP contribution in [0.15, 0.2) is 72.1 Å². The number of nitrogens with zero attached hydrogens (tertiary/aromatic N) is 2. The fraction of sp³-hybridized carbons (Fsp3) is 0.0833. The Kier molecular flexibility index (Phi) is 5.28. The molecule has 2 aromatic carbocycles. The van der Waals surface area contributed by atoms with Gasteiger partial charge in [0.15, 0.2) is 0 Å². The summed E-state index contributed by atoms with van der Waals surface area (Å²) in [6.45, 7) is 2.04. The lowest BCUT2D eigenvalue weighted by molar-refractivity contribution is 0.415. The van der Waals surface area contributed by atoms with Gasteiger partial charge in [0.1, 0.15) is 23.2 Å². The van der Waals surface area contributed by atoms with Crippen molar-refractivity contribution in [2.75, 3.05) is 12.4 Å². The zero-order chi connectivity index (χ0) is 20.2. The zero-order valence-electron chi connectivity index (χ0n) is 16.1. The lowest BCUT2D eigenvalue weighted by atomic mass is 10.0. The van der Waals surface area contributed by atoms with Gasteiger partial charge in [-0.3, -0.25) is 0 Å². The van der Waals surface area contributed by atoms with Gasteiger partial charge in [-0.15, -0.1) is 11.3 Å². The molecule has 0 amide bonds. The Bertz CT molecular complexity index is 1160. The first-order valence-corrected chi connectivity index (χ1v) is 10.0. The molecule has 0 bridgehead atoms. The van der Waals surface area contributed by atoms with Crippen molar-refractivity contribution in [3.8, 4) is 33.5 Å². The van der Waals surface area contributed by atoms with Gasteiger partial charge in [0.05, 0.1) is 12.8 Å². The average Bonchev–Trinajstić information content (AvgIpc) is 3.30. The summed E-state index contributed by atoms with van der Waals surface area (Å²) in [5.74, 6) is 1.34. The van der Waals surface area contributed by atoms with Gasteiger partial charge in [-0.2, -0.15) is 5.26 Å². The van der Waals surface area contributed by atoms with E-state index in [1.165, 1.54) is 5.56 Å². The van der Waals surface area contributed by atoms with Crippen LogP contribution in [-0.2, 0) is 0 Å². The predicted molar refractivity (Wildman–Crippen MR) is 119 cm³/mol. The SMILES string of the molecule is COc1ccc(-c2cc(-c3cccs3)c(C#N)c(Nc3ccc(C)cc3)n2)cc1. The molecular formula is C24H19N3OS. The normalized spacial score (nSPS) is 10.4. The lowest BCUT2D eigenvalue weighted by Crippen LogP contribution is -2.01. The van der Waals surface area contributed by atoms with E-state index in [1.807, 2.05) is 79.0 Å². The Labute approximate surface area is 174 Å². The number of nitriles is 1. The van der Waals surface area contributed by atoms with Crippen molar-refractivity contribution in [3.63, 3.8) is 0 Å². The number of anilines is 2. The van der Waals surface area contributed by atoms with Gasteiger partial charge < -0.3 is 10.1 Å². The van der Waals surface area contributed by atoms with E-state index in [0.717, 1.165) is 33.1 Å². The first-order chi connectivity index (χ1) is 14.2. The van der Waals surface area contributed by atoms with E-state index < -0.39 is 0 Å². The van der Waals surface area contributed by atoms with Gasteiger partial charge in [-0.1, -0.05) is 23.8 Å². The van der Waals surface area contributed by atoms with E-state index in [-0.39, 0.29) is 0 Å². The lowest BCUT2D eigenvalue weighted by Gasteiger charge is -2.14. The molecule has 4 aromatic rings. The third-order valence-corrected chi connectivity index (χ3v) is 5.52. The summed E-state index contributed by atoms with van der Waals surface area (Å²) >= 11 is 1.61. The highest BCUT2D eigenvalue weighted by Gasteiger charge is 2.16. The third-order valence-electron chi connectivity index (χ3n) is 4.62. The zero-order valence-corrected chi connectivity index (χ0v) is 17.0. The number of rotatable bonds is 5. The third kappa shape index (κ3) is 3.98. The summed E-state index contributed by atoms with van der Waals surface area (Å²) in [6.07, 6.45) is 0. The van der Waals surface area contributed by atoms with Crippen LogP contribution < -0.4 is 10.1 Å². The van der Waals surface area contributed by atoms with E-state index in [4.69, 9.17) is 9.72 Å². The topological polar surface area (TPSA) is 57.9 Å². The minimum atomic E-state index is 0.533. The highest BCUT2D eigenvalue weighted by atomic mass is 32.1. The number of pyridine rings is 1. The Balaban J connectivity index is 1.86. The molecule has 0 aliphatic heterocycles. The largest absolute Gasteiger partial charge is 0.497 e. The van der Waals surface area contributed by atoms with Crippen LogP contribution in [0.3, 0.4) is 0 Å². The van der Waals surface area contributed by atoms with Crippen molar-refractivity contribution in [2.45, 2.75) is 6.92 Å². The van der Waals surface area contributed by atoms with Crippen LogP contribution in [0, 0.1) is 18.3 Å². The maximum atomic E-state index is 9.91. The molecule has 0 spiro atoms. The van der Waals surface area contributed by atoms with Gasteiger partial charge >= 0.3 is 0 Å². The highest BCUT2D eigenvalue weighted by molar-refractivity contribution is 7.13. The summed E-state index contributed by atoms with van der Waals surface area (Å²) < 4.78 is 5.26. The molecule has 0 saturated heterocycles. The number of aryl methyl sites for hydroxylation is 1. The summed E-state index contributed by atoms with van der Waals surface area (Å²) in [6, 6.07) is 24.1. The Morgan fingerprint density at radius 2 is 1.79 bits per heavy atom. The Morgan fingerprint density at radius 1 is 1.03 bits per heavy atom. The molecule has 142 valence electrons. The molecule has 0 saturated carbocycles. The van der Waals surface area contributed by atoms with Crippen LogP contribution in [0.1, 0.15) is 11.1 Å². The fourth-order valence-electron chi connectivity index (χ4n) is 3.06. The van der Waals surface area contributed by atoms with Gasteiger partial charge in [0.25, 0.3) is 0 Å². The van der Waals surface area contributed by atoms with Crippen LogP contribution in [0.2, 0.25) is 0 Å². The first-order valence-electron chi connectivity index (χ1n) is 9.15. The number of aromatic nitrogens is 1. The fourth-order valence-corrected chi connectivity index (χ4v) is 3.81. The molecule has 5 heteroatoms. The van der Waals surface area contributed by atoms with Gasteiger partial charge in [-0.05, 0) is 60.8 Å². The molecular weight excluding hydrogens is 378 g/mol. The number of methoxy groups -OCH3 is 1. The molecule has 2 aromatic heterocycles. The van der Waals surface area contributed by atoms with Crippen molar-refractivity contribution in [2.24, 2.45) is 0 Å². The maximum Gasteiger partial charge on any atom is 0.149 e. The van der Waals surface area contributed by atoms with Crippen LogP contribution >= 0.6 is 11.3 Å². The molecule has 0 unspecified atom stereocenters. The number of hydrogen-bond acceptors (Lipinski definition) is 5. The summed E-state index contributed by atoms with van der Waals surface area (Å²) in [4.78, 5) is 5.82. The maximum absolute atomic E-state index is 9.91. The van der Waals surface area contributed by atoms with E-state index in [1.54, 1.807) is 18.4 Å². The van der Waals surface area contributed by atoms with Crippen molar-refractivity contribution in [1.82, 2.24) is 4.98 Å². The monoisotopic (exact) mass is 397 g/mol. The molecule has 29 heavy (non-hydrogen) atoms. The smallest absolute Gasteiger partial charge is 0.149 e. The first kappa shape index (κ1) is 18.7. The van der Waals surface area contributed by atoms with Gasteiger partial charge in [-0.25, -0.2) is 4.98 Å². The minimum absolute atomic E-state index is 0.533. The Morgan fingerprint density at radius 3 is 2.41 bits per heavy atom. The summed E-state index contributed by atoms with van der Waals surface area (Å²) in [7, 11) is 1.65. The second-order valence-corrected chi connectivity index (χ2v) is 7.53. The van der Waals surface area contributed by atoms with Crippen molar-refractivity contribution in [3.05, 3.63) is 83.2 Å². The molecule has 1 N–H and O–H groups in total. The predicted octanol–water partition coefficient (Wildman–Crippen LogP) is 6.41. The molecule has 2 heterocycles. The molecule has 4 rings (SSSR count). The molecule has 0 aliphatic carbocycles.